The SMILES string of the molecule is COCCN1C(=O)C(c2ccc(F)cc2)=C(N2CCC(C)CC2)C1=O. The summed E-state index contributed by atoms with van der Waals surface area (Å²) in [5, 5.41) is 0. The summed E-state index contributed by atoms with van der Waals surface area (Å²) in [4.78, 5) is 29.1. The largest absolute Gasteiger partial charge is 0.383 e. The van der Waals surface area contributed by atoms with Crippen LogP contribution in [-0.4, -0.2) is 55.0 Å². The van der Waals surface area contributed by atoms with Crippen molar-refractivity contribution in [1.29, 1.82) is 0 Å². The summed E-state index contributed by atoms with van der Waals surface area (Å²) in [7, 11) is 1.53. The summed E-state index contributed by atoms with van der Waals surface area (Å²) in [6, 6.07) is 5.74. The predicted molar refractivity (Wildman–Crippen MR) is 91.9 cm³/mol. The average Bonchev–Trinajstić information content (AvgIpc) is 2.85. The number of hydrogen-bond donors (Lipinski definition) is 0. The molecule has 0 N–H and O–H groups in total. The highest BCUT2D eigenvalue weighted by Crippen LogP contribution is 2.33. The summed E-state index contributed by atoms with van der Waals surface area (Å²) >= 11 is 0. The van der Waals surface area contributed by atoms with Gasteiger partial charge in [0.2, 0.25) is 0 Å². The Bertz CT molecular complexity index is 691. The molecule has 134 valence electrons. The van der Waals surface area contributed by atoms with Crippen molar-refractivity contribution >= 4 is 17.4 Å². The zero-order valence-electron chi connectivity index (χ0n) is 14.6. The maximum atomic E-state index is 13.3. The molecular formula is C19H23FN2O3. The van der Waals surface area contributed by atoms with Gasteiger partial charge in [-0.05, 0) is 36.5 Å². The smallest absolute Gasteiger partial charge is 0.277 e. The molecule has 0 unspecified atom stereocenters. The molecule has 0 spiro atoms. The lowest BCUT2D eigenvalue weighted by Crippen LogP contribution is -2.39. The van der Waals surface area contributed by atoms with E-state index in [0.717, 1.165) is 25.9 Å². The highest BCUT2D eigenvalue weighted by molar-refractivity contribution is 6.35. The maximum Gasteiger partial charge on any atom is 0.277 e. The molecule has 0 aromatic heterocycles. The van der Waals surface area contributed by atoms with Crippen molar-refractivity contribution in [1.82, 2.24) is 9.80 Å². The molecule has 2 aliphatic rings. The van der Waals surface area contributed by atoms with Gasteiger partial charge in [-0.3, -0.25) is 14.5 Å². The molecule has 5 nitrogen and oxygen atoms in total. The van der Waals surface area contributed by atoms with Crippen LogP contribution in [0.3, 0.4) is 0 Å². The minimum absolute atomic E-state index is 0.215. The van der Waals surface area contributed by atoms with Crippen LogP contribution in [-0.2, 0) is 14.3 Å². The van der Waals surface area contributed by atoms with E-state index in [-0.39, 0.29) is 24.2 Å². The van der Waals surface area contributed by atoms with Crippen LogP contribution < -0.4 is 0 Å². The van der Waals surface area contributed by atoms with Gasteiger partial charge in [-0.15, -0.1) is 0 Å². The highest BCUT2D eigenvalue weighted by Gasteiger charge is 2.41. The summed E-state index contributed by atoms with van der Waals surface area (Å²) in [6.45, 7) is 4.20. The van der Waals surface area contributed by atoms with E-state index in [1.807, 2.05) is 4.90 Å². The Morgan fingerprint density at radius 1 is 1.12 bits per heavy atom. The van der Waals surface area contributed by atoms with Crippen molar-refractivity contribution in [3.63, 3.8) is 0 Å². The average molecular weight is 346 g/mol. The summed E-state index contributed by atoms with van der Waals surface area (Å²) in [5.74, 6) is -0.369. The molecule has 1 aromatic carbocycles. The van der Waals surface area contributed by atoms with E-state index in [1.54, 1.807) is 12.1 Å². The van der Waals surface area contributed by atoms with E-state index in [2.05, 4.69) is 6.92 Å². The number of carbonyl (C=O) groups excluding carboxylic acids is 2. The number of imide groups is 1. The lowest BCUT2D eigenvalue weighted by Gasteiger charge is -2.32. The molecule has 3 rings (SSSR count). The van der Waals surface area contributed by atoms with E-state index in [4.69, 9.17) is 4.74 Å². The molecule has 1 fully saturated rings. The fraction of sp³-hybridized carbons (Fsp3) is 0.474. The first-order chi connectivity index (χ1) is 12.0. The number of halogens is 1. The Balaban J connectivity index is 1.99. The summed E-state index contributed by atoms with van der Waals surface area (Å²) in [5.41, 5.74) is 1.39. The number of rotatable bonds is 5. The molecule has 2 aliphatic heterocycles. The van der Waals surface area contributed by atoms with Gasteiger partial charge in [0, 0.05) is 20.2 Å². The highest BCUT2D eigenvalue weighted by atomic mass is 19.1. The third-order valence-corrected chi connectivity index (χ3v) is 4.90. The second-order valence-electron chi connectivity index (χ2n) is 6.65. The second kappa shape index (κ2) is 7.35. The van der Waals surface area contributed by atoms with Gasteiger partial charge in [0.05, 0.1) is 18.7 Å². The molecule has 0 radical (unpaired) electrons. The molecular weight excluding hydrogens is 323 g/mol. The number of likely N-dealkylation sites (tertiary alicyclic amines) is 1. The van der Waals surface area contributed by atoms with Crippen molar-refractivity contribution in [3.05, 3.63) is 41.3 Å². The lowest BCUT2D eigenvalue weighted by molar-refractivity contribution is -0.138. The second-order valence-corrected chi connectivity index (χ2v) is 6.65. The standard InChI is InChI=1S/C19H23FN2O3/c1-13-7-9-21(10-8-13)17-16(14-3-5-15(20)6-4-14)18(23)22(19(17)24)11-12-25-2/h3-6,13H,7-12H2,1-2H3. The van der Waals surface area contributed by atoms with Crippen molar-refractivity contribution in [2.24, 2.45) is 5.92 Å². The predicted octanol–water partition coefficient (Wildman–Crippen LogP) is 2.28. The third-order valence-electron chi connectivity index (χ3n) is 4.90. The number of piperidine rings is 1. The molecule has 0 atom stereocenters. The third kappa shape index (κ3) is 3.44. The van der Waals surface area contributed by atoms with Crippen LogP contribution in [0.25, 0.3) is 5.57 Å². The monoisotopic (exact) mass is 346 g/mol. The van der Waals surface area contributed by atoms with Crippen molar-refractivity contribution < 1.29 is 18.7 Å². The van der Waals surface area contributed by atoms with Crippen molar-refractivity contribution in [2.75, 3.05) is 33.4 Å². The van der Waals surface area contributed by atoms with Gasteiger partial charge in [0.1, 0.15) is 11.5 Å². The van der Waals surface area contributed by atoms with Crippen LogP contribution in [0, 0.1) is 11.7 Å². The van der Waals surface area contributed by atoms with E-state index in [1.165, 1.54) is 24.1 Å². The molecule has 6 heteroatoms. The molecule has 2 amide bonds. The number of amides is 2. The topological polar surface area (TPSA) is 49.9 Å². The number of ether oxygens (including phenoxy) is 1. The Morgan fingerprint density at radius 3 is 2.36 bits per heavy atom. The van der Waals surface area contributed by atoms with Crippen LogP contribution in [0.1, 0.15) is 25.3 Å². The Labute approximate surface area is 147 Å². The number of benzene rings is 1. The normalized spacial score (nSPS) is 19.3. The molecule has 1 saturated heterocycles. The fourth-order valence-electron chi connectivity index (χ4n) is 3.35. The minimum Gasteiger partial charge on any atom is -0.383 e. The number of carbonyl (C=O) groups is 2. The Hall–Kier alpha value is -2.21. The van der Waals surface area contributed by atoms with Gasteiger partial charge >= 0.3 is 0 Å². The summed E-state index contributed by atoms with van der Waals surface area (Å²) < 4.78 is 18.3. The van der Waals surface area contributed by atoms with Gasteiger partial charge < -0.3 is 9.64 Å². The molecule has 25 heavy (non-hydrogen) atoms. The summed E-state index contributed by atoms with van der Waals surface area (Å²) in [6.07, 6.45) is 1.97. The molecule has 1 aromatic rings. The van der Waals surface area contributed by atoms with Crippen LogP contribution in [0.4, 0.5) is 4.39 Å². The van der Waals surface area contributed by atoms with Gasteiger partial charge in [-0.2, -0.15) is 0 Å². The van der Waals surface area contributed by atoms with Crippen LogP contribution in [0.15, 0.2) is 30.0 Å². The number of nitrogens with zero attached hydrogens (tertiary/aromatic N) is 2. The van der Waals surface area contributed by atoms with Crippen LogP contribution >= 0.6 is 0 Å². The van der Waals surface area contributed by atoms with Crippen LogP contribution in [0.2, 0.25) is 0 Å². The van der Waals surface area contributed by atoms with Gasteiger partial charge in [-0.25, -0.2) is 4.39 Å². The van der Waals surface area contributed by atoms with Gasteiger partial charge in [0.15, 0.2) is 0 Å². The maximum absolute atomic E-state index is 13.3. The number of methoxy groups -OCH3 is 1. The molecule has 2 heterocycles. The van der Waals surface area contributed by atoms with Gasteiger partial charge in [0.25, 0.3) is 11.8 Å². The van der Waals surface area contributed by atoms with Gasteiger partial charge in [-0.1, -0.05) is 19.1 Å². The van der Waals surface area contributed by atoms with E-state index >= 15 is 0 Å². The first kappa shape index (κ1) is 17.6. The van der Waals surface area contributed by atoms with E-state index in [0.29, 0.717) is 29.4 Å². The zero-order valence-corrected chi connectivity index (χ0v) is 14.6. The zero-order chi connectivity index (χ0) is 18.0. The Morgan fingerprint density at radius 2 is 1.76 bits per heavy atom. The van der Waals surface area contributed by atoms with E-state index in [9.17, 15) is 14.0 Å². The quantitative estimate of drug-likeness (QED) is 0.768. The minimum atomic E-state index is -0.370. The molecule has 0 aliphatic carbocycles. The van der Waals surface area contributed by atoms with Crippen molar-refractivity contribution in [3.8, 4) is 0 Å². The number of hydrogen-bond acceptors (Lipinski definition) is 4. The lowest BCUT2D eigenvalue weighted by atomic mass is 9.97. The first-order valence-electron chi connectivity index (χ1n) is 8.63. The Kier molecular flexibility index (Phi) is 5.18. The first-order valence-corrected chi connectivity index (χ1v) is 8.63. The van der Waals surface area contributed by atoms with E-state index < -0.39 is 0 Å². The molecule has 0 saturated carbocycles. The molecule has 0 bridgehead atoms. The van der Waals surface area contributed by atoms with Crippen molar-refractivity contribution in [2.45, 2.75) is 19.8 Å². The van der Waals surface area contributed by atoms with Crippen LogP contribution in [0.5, 0.6) is 0 Å². The fourth-order valence-corrected chi connectivity index (χ4v) is 3.35.